The van der Waals surface area contributed by atoms with Crippen molar-refractivity contribution in [3.63, 3.8) is 0 Å². The first kappa shape index (κ1) is 15.0. The number of hydrogen-bond donors (Lipinski definition) is 1. The number of hydrogen-bond acceptors (Lipinski definition) is 3. The van der Waals surface area contributed by atoms with Gasteiger partial charge in [0.15, 0.2) is 0 Å². The zero-order valence-corrected chi connectivity index (χ0v) is 12.3. The van der Waals surface area contributed by atoms with E-state index in [9.17, 15) is 4.79 Å². The number of anilines is 1. The second-order valence-corrected chi connectivity index (χ2v) is 5.43. The Balaban J connectivity index is 1.90. The Hall–Kier alpha value is -1.39. The molecule has 4 heteroatoms. The molecule has 1 fully saturated rings. The summed E-state index contributed by atoms with van der Waals surface area (Å²) in [5.41, 5.74) is 6.69. The van der Waals surface area contributed by atoms with Crippen LogP contribution in [0.4, 0.5) is 5.69 Å². The molecule has 0 bridgehead atoms. The molecule has 0 radical (unpaired) electrons. The third kappa shape index (κ3) is 3.81. The van der Waals surface area contributed by atoms with E-state index in [4.69, 9.17) is 5.73 Å². The van der Waals surface area contributed by atoms with Crippen LogP contribution in [0.3, 0.4) is 0 Å². The molecular weight excluding hydrogens is 250 g/mol. The molecule has 0 unspecified atom stereocenters. The van der Waals surface area contributed by atoms with Crippen molar-refractivity contribution in [2.75, 3.05) is 37.6 Å². The number of likely N-dealkylation sites (N-methyl/N-ethyl adjacent to an activating group) is 1. The summed E-state index contributed by atoms with van der Waals surface area (Å²) < 4.78 is 0. The summed E-state index contributed by atoms with van der Waals surface area (Å²) >= 11 is 0. The van der Waals surface area contributed by atoms with Gasteiger partial charge >= 0.3 is 0 Å². The molecule has 1 aliphatic rings. The Kier molecular flexibility index (Phi) is 5.56. The molecule has 0 atom stereocenters. The van der Waals surface area contributed by atoms with Crippen LogP contribution in [-0.2, 0) is 4.79 Å². The van der Waals surface area contributed by atoms with Crippen LogP contribution in [0.1, 0.15) is 19.8 Å². The average molecular weight is 275 g/mol. The van der Waals surface area contributed by atoms with Gasteiger partial charge in [-0.25, -0.2) is 0 Å². The summed E-state index contributed by atoms with van der Waals surface area (Å²) in [5.74, 6) is 0.822. The molecule has 1 saturated heterocycles. The molecule has 2 rings (SSSR count). The third-order valence-corrected chi connectivity index (χ3v) is 4.08. The molecule has 0 aliphatic carbocycles. The van der Waals surface area contributed by atoms with Crippen molar-refractivity contribution < 1.29 is 4.79 Å². The van der Waals surface area contributed by atoms with E-state index in [0.717, 1.165) is 38.2 Å². The maximum Gasteiger partial charge on any atom is 0.241 e. The van der Waals surface area contributed by atoms with Gasteiger partial charge in [-0.15, -0.1) is 0 Å². The van der Waals surface area contributed by atoms with E-state index in [1.807, 2.05) is 42.2 Å². The maximum absolute atomic E-state index is 12.5. The van der Waals surface area contributed by atoms with Gasteiger partial charge in [-0.3, -0.25) is 9.69 Å². The van der Waals surface area contributed by atoms with Gasteiger partial charge in [-0.05, 0) is 57.5 Å². The van der Waals surface area contributed by atoms with E-state index in [0.29, 0.717) is 19.0 Å². The minimum absolute atomic E-state index is 0.185. The van der Waals surface area contributed by atoms with Crippen molar-refractivity contribution in [3.05, 3.63) is 30.3 Å². The fourth-order valence-electron chi connectivity index (χ4n) is 2.77. The molecule has 1 aromatic carbocycles. The summed E-state index contributed by atoms with van der Waals surface area (Å²) in [4.78, 5) is 16.6. The predicted octanol–water partition coefficient (Wildman–Crippen LogP) is 1.71. The highest BCUT2D eigenvalue weighted by Crippen LogP contribution is 2.17. The highest BCUT2D eigenvalue weighted by Gasteiger charge is 2.22. The first-order valence-corrected chi connectivity index (χ1v) is 7.52. The number of amides is 1. The largest absolute Gasteiger partial charge is 0.330 e. The second kappa shape index (κ2) is 7.41. The monoisotopic (exact) mass is 275 g/mol. The fraction of sp³-hybridized carbons (Fsp3) is 0.562. The Morgan fingerprint density at radius 2 is 1.95 bits per heavy atom. The Bertz CT molecular complexity index is 413. The molecule has 1 aromatic rings. The van der Waals surface area contributed by atoms with E-state index < -0.39 is 0 Å². The number of likely N-dealkylation sites (tertiary alicyclic amines) is 1. The number of piperidine rings is 1. The lowest BCUT2D eigenvalue weighted by molar-refractivity contribution is -0.120. The standard InChI is InChI=1S/C16H25N3O/c1-2-19(15-6-4-3-5-7-15)16(20)13-18-10-8-14(12-17)9-11-18/h3-7,14H,2,8-13,17H2,1H3. The topological polar surface area (TPSA) is 49.6 Å². The number of carbonyl (C=O) groups excluding carboxylic acids is 1. The lowest BCUT2D eigenvalue weighted by Gasteiger charge is -2.32. The van der Waals surface area contributed by atoms with E-state index in [-0.39, 0.29) is 5.91 Å². The van der Waals surface area contributed by atoms with Crippen molar-refractivity contribution >= 4 is 11.6 Å². The van der Waals surface area contributed by atoms with Crippen molar-refractivity contribution in [1.82, 2.24) is 4.90 Å². The van der Waals surface area contributed by atoms with Crippen LogP contribution in [0.15, 0.2) is 30.3 Å². The van der Waals surface area contributed by atoms with Crippen LogP contribution >= 0.6 is 0 Å². The number of para-hydroxylation sites is 1. The third-order valence-electron chi connectivity index (χ3n) is 4.08. The van der Waals surface area contributed by atoms with Gasteiger partial charge in [0.1, 0.15) is 0 Å². The summed E-state index contributed by atoms with van der Waals surface area (Å²) in [6.07, 6.45) is 2.22. The van der Waals surface area contributed by atoms with Gasteiger partial charge in [-0.2, -0.15) is 0 Å². The maximum atomic E-state index is 12.5. The Labute approximate surface area is 121 Å². The molecule has 1 heterocycles. The molecule has 0 saturated carbocycles. The molecule has 4 nitrogen and oxygen atoms in total. The molecule has 20 heavy (non-hydrogen) atoms. The average Bonchev–Trinajstić information content (AvgIpc) is 2.50. The highest BCUT2D eigenvalue weighted by atomic mass is 16.2. The van der Waals surface area contributed by atoms with Crippen molar-refractivity contribution in [2.45, 2.75) is 19.8 Å². The Morgan fingerprint density at radius 1 is 1.30 bits per heavy atom. The number of benzene rings is 1. The first-order chi connectivity index (χ1) is 9.74. The summed E-state index contributed by atoms with van der Waals surface area (Å²) in [5, 5.41) is 0. The normalized spacial score (nSPS) is 17.1. The molecular formula is C16H25N3O. The van der Waals surface area contributed by atoms with Crippen molar-refractivity contribution in [2.24, 2.45) is 11.7 Å². The van der Waals surface area contributed by atoms with Gasteiger partial charge in [0.2, 0.25) is 5.91 Å². The van der Waals surface area contributed by atoms with Crippen LogP contribution in [0.2, 0.25) is 0 Å². The molecule has 0 spiro atoms. The lowest BCUT2D eigenvalue weighted by Crippen LogP contribution is -2.44. The first-order valence-electron chi connectivity index (χ1n) is 7.52. The zero-order valence-electron chi connectivity index (χ0n) is 12.3. The molecule has 0 aromatic heterocycles. The van der Waals surface area contributed by atoms with Gasteiger partial charge in [0, 0.05) is 12.2 Å². The number of nitrogens with zero attached hydrogens (tertiary/aromatic N) is 2. The van der Waals surface area contributed by atoms with E-state index in [2.05, 4.69) is 4.90 Å². The number of carbonyl (C=O) groups is 1. The van der Waals surface area contributed by atoms with Gasteiger partial charge in [0.25, 0.3) is 0 Å². The minimum atomic E-state index is 0.185. The number of nitrogens with two attached hydrogens (primary N) is 1. The lowest BCUT2D eigenvalue weighted by atomic mass is 9.97. The van der Waals surface area contributed by atoms with Crippen molar-refractivity contribution in [3.8, 4) is 0 Å². The van der Waals surface area contributed by atoms with Gasteiger partial charge in [-0.1, -0.05) is 18.2 Å². The number of rotatable bonds is 5. The van der Waals surface area contributed by atoms with Gasteiger partial charge < -0.3 is 10.6 Å². The fourth-order valence-corrected chi connectivity index (χ4v) is 2.77. The van der Waals surface area contributed by atoms with E-state index in [1.165, 1.54) is 0 Å². The van der Waals surface area contributed by atoms with E-state index in [1.54, 1.807) is 0 Å². The minimum Gasteiger partial charge on any atom is -0.330 e. The Morgan fingerprint density at radius 3 is 2.50 bits per heavy atom. The molecule has 2 N–H and O–H groups in total. The van der Waals surface area contributed by atoms with Crippen LogP contribution < -0.4 is 10.6 Å². The predicted molar refractivity (Wildman–Crippen MR) is 82.7 cm³/mol. The van der Waals surface area contributed by atoms with Crippen LogP contribution in [-0.4, -0.2) is 43.5 Å². The van der Waals surface area contributed by atoms with E-state index >= 15 is 0 Å². The molecule has 1 amide bonds. The second-order valence-electron chi connectivity index (χ2n) is 5.43. The zero-order chi connectivity index (χ0) is 14.4. The SMILES string of the molecule is CCN(C(=O)CN1CCC(CN)CC1)c1ccccc1. The van der Waals surface area contributed by atoms with Gasteiger partial charge in [0.05, 0.1) is 6.54 Å². The molecule has 1 aliphatic heterocycles. The summed E-state index contributed by atoms with van der Waals surface area (Å²) in [7, 11) is 0. The molecule has 110 valence electrons. The quantitative estimate of drug-likeness (QED) is 0.890. The highest BCUT2D eigenvalue weighted by molar-refractivity contribution is 5.94. The van der Waals surface area contributed by atoms with Crippen LogP contribution in [0.5, 0.6) is 0 Å². The van der Waals surface area contributed by atoms with Crippen molar-refractivity contribution in [1.29, 1.82) is 0 Å². The van der Waals surface area contributed by atoms with Crippen LogP contribution in [0.25, 0.3) is 0 Å². The summed E-state index contributed by atoms with van der Waals surface area (Å²) in [6, 6.07) is 9.89. The van der Waals surface area contributed by atoms with Crippen LogP contribution in [0, 0.1) is 5.92 Å². The smallest absolute Gasteiger partial charge is 0.241 e. The summed E-state index contributed by atoms with van der Waals surface area (Å²) in [6.45, 7) is 5.99.